The fraction of sp³-hybridized carbons (Fsp3) is 0.625. The Hall–Kier alpha value is -0.710. The summed E-state index contributed by atoms with van der Waals surface area (Å²) < 4.78 is 54.3. The van der Waals surface area contributed by atoms with Gasteiger partial charge < -0.3 is 5.73 Å². The number of rotatable bonds is 7. The Bertz CT molecular complexity index is 791. The van der Waals surface area contributed by atoms with Crippen LogP contribution in [-0.4, -0.2) is 47.8 Å². The molecular weight excluding hydrogens is 398 g/mol. The first kappa shape index (κ1) is 23.3. The maximum atomic E-state index is 12.9. The fourth-order valence-electron chi connectivity index (χ4n) is 3.22. The lowest BCUT2D eigenvalue weighted by molar-refractivity contribution is 0.294. The summed E-state index contributed by atoms with van der Waals surface area (Å²) in [5, 5.41) is 0. The van der Waals surface area contributed by atoms with Crippen molar-refractivity contribution < 1.29 is 16.8 Å². The molecule has 0 spiro atoms. The molecule has 150 valence electrons. The molecule has 0 aromatic heterocycles. The van der Waals surface area contributed by atoms with Crippen molar-refractivity contribution in [3.63, 3.8) is 0 Å². The van der Waals surface area contributed by atoms with Gasteiger partial charge in [-0.05, 0) is 30.9 Å². The van der Waals surface area contributed by atoms with Crippen molar-refractivity contribution in [2.24, 2.45) is 11.7 Å². The van der Waals surface area contributed by atoms with Crippen LogP contribution in [0.25, 0.3) is 0 Å². The molecule has 0 amide bonds. The summed E-state index contributed by atoms with van der Waals surface area (Å²) in [5.41, 5.74) is 5.81. The summed E-state index contributed by atoms with van der Waals surface area (Å²) in [7, 11) is -5.14. The number of sulfonamides is 2. The molecule has 10 heteroatoms. The first-order valence-electron chi connectivity index (χ1n) is 8.44. The lowest BCUT2D eigenvalue weighted by Gasteiger charge is -2.30. The highest BCUT2D eigenvalue weighted by atomic mass is 35.5. The second kappa shape index (κ2) is 9.48. The van der Waals surface area contributed by atoms with Gasteiger partial charge in [0.15, 0.2) is 0 Å². The molecule has 0 saturated heterocycles. The molecule has 1 aromatic rings. The van der Waals surface area contributed by atoms with Crippen molar-refractivity contribution >= 4 is 32.5 Å². The molecule has 3 N–H and O–H groups in total. The highest BCUT2D eigenvalue weighted by Crippen LogP contribution is 2.28. The first-order valence-corrected chi connectivity index (χ1v) is 11.4. The summed E-state index contributed by atoms with van der Waals surface area (Å²) in [6.45, 7) is 0.187. The van der Waals surface area contributed by atoms with E-state index in [1.54, 1.807) is 0 Å². The molecule has 0 aliphatic heterocycles. The number of hydrogen-bond acceptors (Lipinski definition) is 5. The largest absolute Gasteiger partial charge is 0.329 e. The van der Waals surface area contributed by atoms with Crippen LogP contribution in [0.15, 0.2) is 34.1 Å². The van der Waals surface area contributed by atoms with Crippen LogP contribution in [0, 0.1) is 5.92 Å². The molecule has 1 aliphatic rings. The SMILES string of the molecule is CN(C)S(=O)(=O)c1ccccc1S(=O)(=O)NC(CN)C1CCCCC1.Cl. The van der Waals surface area contributed by atoms with E-state index in [9.17, 15) is 16.8 Å². The smallest absolute Gasteiger partial charge is 0.243 e. The maximum Gasteiger partial charge on any atom is 0.243 e. The van der Waals surface area contributed by atoms with Crippen molar-refractivity contribution in [3.05, 3.63) is 24.3 Å². The molecule has 7 nitrogen and oxygen atoms in total. The van der Waals surface area contributed by atoms with Gasteiger partial charge in [0.05, 0.1) is 0 Å². The van der Waals surface area contributed by atoms with Gasteiger partial charge in [-0.3, -0.25) is 0 Å². The second-order valence-electron chi connectivity index (χ2n) is 6.60. The molecule has 1 aromatic carbocycles. The minimum atomic E-state index is -4.00. The average molecular weight is 426 g/mol. The molecule has 1 aliphatic carbocycles. The summed E-state index contributed by atoms with van der Waals surface area (Å²) >= 11 is 0. The third-order valence-electron chi connectivity index (χ3n) is 4.68. The molecule has 0 heterocycles. The van der Waals surface area contributed by atoms with Crippen LogP contribution in [0.2, 0.25) is 0 Å². The maximum absolute atomic E-state index is 12.9. The van der Waals surface area contributed by atoms with Crippen LogP contribution in [0.4, 0.5) is 0 Å². The highest BCUT2D eigenvalue weighted by Gasteiger charge is 2.31. The van der Waals surface area contributed by atoms with Crippen LogP contribution in [0.3, 0.4) is 0 Å². The number of hydrogen-bond donors (Lipinski definition) is 2. The minimum absolute atomic E-state index is 0. The van der Waals surface area contributed by atoms with Gasteiger partial charge in [-0.1, -0.05) is 31.4 Å². The zero-order chi connectivity index (χ0) is 18.7. The Morgan fingerprint density at radius 3 is 2.12 bits per heavy atom. The molecule has 0 radical (unpaired) electrons. The number of benzene rings is 1. The van der Waals surface area contributed by atoms with Gasteiger partial charge in [0, 0.05) is 26.7 Å². The molecule has 1 saturated carbocycles. The van der Waals surface area contributed by atoms with Gasteiger partial charge in [-0.2, -0.15) is 0 Å². The van der Waals surface area contributed by atoms with Crippen molar-refractivity contribution in [1.82, 2.24) is 9.03 Å². The molecule has 1 atom stereocenters. The third-order valence-corrected chi connectivity index (χ3v) is 8.23. The Balaban J connectivity index is 0.00000338. The van der Waals surface area contributed by atoms with Crippen LogP contribution in [0.1, 0.15) is 32.1 Å². The Kier molecular flexibility index (Phi) is 8.50. The Labute approximate surface area is 162 Å². The molecule has 1 unspecified atom stereocenters. The normalized spacial score (nSPS) is 17.7. The number of nitrogens with one attached hydrogen (secondary N) is 1. The topological polar surface area (TPSA) is 110 Å². The summed E-state index contributed by atoms with van der Waals surface area (Å²) in [5.74, 6) is 0.186. The summed E-state index contributed by atoms with van der Waals surface area (Å²) in [4.78, 5) is -0.468. The van der Waals surface area contributed by atoms with Gasteiger partial charge >= 0.3 is 0 Å². The zero-order valence-electron chi connectivity index (χ0n) is 15.1. The predicted molar refractivity (Wildman–Crippen MR) is 104 cm³/mol. The van der Waals surface area contributed by atoms with E-state index in [0.29, 0.717) is 0 Å². The van der Waals surface area contributed by atoms with Gasteiger partial charge in [0.1, 0.15) is 9.79 Å². The summed E-state index contributed by atoms with van der Waals surface area (Å²) in [6.07, 6.45) is 5.15. The van der Waals surface area contributed by atoms with E-state index in [-0.39, 0.29) is 40.7 Å². The highest BCUT2D eigenvalue weighted by molar-refractivity contribution is 7.92. The van der Waals surface area contributed by atoms with E-state index in [4.69, 9.17) is 5.73 Å². The lowest BCUT2D eigenvalue weighted by Crippen LogP contribution is -2.46. The van der Waals surface area contributed by atoms with Crippen molar-refractivity contribution in [2.45, 2.75) is 47.9 Å². The van der Waals surface area contributed by atoms with Crippen molar-refractivity contribution in [2.75, 3.05) is 20.6 Å². The van der Waals surface area contributed by atoms with E-state index < -0.39 is 20.0 Å². The first-order chi connectivity index (χ1) is 11.7. The third kappa shape index (κ3) is 5.17. The van der Waals surface area contributed by atoms with Gasteiger partial charge in [-0.25, -0.2) is 25.9 Å². The number of nitrogens with zero attached hydrogens (tertiary/aromatic N) is 1. The average Bonchev–Trinajstić information content (AvgIpc) is 2.60. The predicted octanol–water partition coefficient (Wildman–Crippen LogP) is 1.54. The molecule has 26 heavy (non-hydrogen) atoms. The standard InChI is InChI=1S/C16H27N3O4S2.ClH/c1-19(2)25(22,23)16-11-7-6-10-15(16)24(20,21)18-14(12-17)13-8-4-3-5-9-13;/h6-7,10-11,13-14,18H,3-5,8-9,12,17H2,1-2H3;1H. The molecular formula is C16H28ClN3O4S2. The monoisotopic (exact) mass is 425 g/mol. The van der Waals surface area contributed by atoms with Crippen LogP contribution in [0.5, 0.6) is 0 Å². The molecule has 0 bridgehead atoms. The van der Waals surface area contributed by atoms with Crippen molar-refractivity contribution in [3.8, 4) is 0 Å². The number of halogens is 1. The van der Waals surface area contributed by atoms with E-state index in [1.807, 2.05) is 0 Å². The zero-order valence-corrected chi connectivity index (χ0v) is 17.5. The van der Waals surface area contributed by atoms with Gasteiger partial charge in [0.25, 0.3) is 0 Å². The van der Waals surface area contributed by atoms with Crippen LogP contribution >= 0.6 is 12.4 Å². The summed E-state index contributed by atoms with van der Waals surface area (Å²) in [6, 6.07) is 5.26. The van der Waals surface area contributed by atoms with E-state index in [2.05, 4.69) is 4.72 Å². The Morgan fingerprint density at radius 2 is 1.62 bits per heavy atom. The van der Waals surface area contributed by atoms with Crippen LogP contribution < -0.4 is 10.5 Å². The second-order valence-corrected chi connectivity index (χ2v) is 10.4. The van der Waals surface area contributed by atoms with Gasteiger partial charge in [0.2, 0.25) is 20.0 Å². The fourth-order valence-corrected chi connectivity index (χ4v) is 6.23. The molecule has 1 fully saturated rings. The lowest BCUT2D eigenvalue weighted by atomic mass is 9.84. The van der Waals surface area contributed by atoms with Gasteiger partial charge in [-0.15, -0.1) is 12.4 Å². The van der Waals surface area contributed by atoms with E-state index >= 15 is 0 Å². The van der Waals surface area contributed by atoms with Crippen LogP contribution in [-0.2, 0) is 20.0 Å². The Morgan fingerprint density at radius 1 is 1.08 bits per heavy atom. The van der Waals surface area contributed by atoms with Crippen molar-refractivity contribution in [1.29, 1.82) is 0 Å². The number of nitrogens with two attached hydrogens (primary N) is 1. The minimum Gasteiger partial charge on any atom is -0.329 e. The molecule has 2 rings (SSSR count). The van der Waals surface area contributed by atoms with E-state index in [1.165, 1.54) is 38.4 Å². The quantitative estimate of drug-likeness (QED) is 0.688. The van der Waals surface area contributed by atoms with E-state index in [0.717, 1.165) is 36.4 Å².